The van der Waals surface area contributed by atoms with Crippen molar-refractivity contribution in [3.63, 3.8) is 0 Å². The molecule has 1 aromatic heterocycles. The fraction of sp³-hybridized carbons (Fsp3) is 0.250. The molecule has 0 saturated carbocycles. The van der Waals surface area contributed by atoms with Crippen molar-refractivity contribution < 1.29 is 9.53 Å². The molecule has 130 valence electrons. The van der Waals surface area contributed by atoms with Crippen molar-refractivity contribution in [2.45, 2.75) is 6.42 Å². The fourth-order valence-electron chi connectivity index (χ4n) is 3.88. The second-order valence-corrected chi connectivity index (χ2v) is 7.15. The summed E-state index contributed by atoms with van der Waals surface area (Å²) in [4.78, 5) is 14.7. The predicted octanol–water partition coefficient (Wildman–Crippen LogP) is 2.34. The van der Waals surface area contributed by atoms with Crippen LogP contribution in [-0.4, -0.2) is 45.3 Å². The van der Waals surface area contributed by atoms with Gasteiger partial charge >= 0.3 is 0 Å². The van der Waals surface area contributed by atoms with E-state index < -0.39 is 0 Å². The van der Waals surface area contributed by atoms with E-state index in [9.17, 15) is 4.79 Å². The minimum atomic E-state index is 0.0619. The van der Waals surface area contributed by atoms with Gasteiger partial charge < -0.3 is 9.64 Å². The molecule has 1 saturated heterocycles. The van der Waals surface area contributed by atoms with Crippen LogP contribution >= 0.6 is 0 Å². The van der Waals surface area contributed by atoms with E-state index in [1.165, 1.54) is 5.56 Å². The lowest BCUT2D eigenvalue weighted by atomic mass is 9.73. The highest BCUT2D eigenvalue weighted by Crippen LogP contribution is 2.41. The second-order valence-electron chi connectivity index (χ2n) is 7.15. The van der Waals surface area contributed by atoms with Gasteiger partial charge in [-0.05, 0) is 42.3 Å². The van der Waals surface area contributed by atoms with Crippen LogP contribution in [0.25, 0.3) is 5.69 Å². The quantitative estimate of drug-likeness (QED) is 0.715. The van der Waals surface area contributed by atoms with Gasteiger partial charge in [-0.25, -0.2) is 0 Å². The number of nitrogens with zero attached hydrogens (tertiary/aromatic N) is 4. The van der Waals surface area contributed by atoms with E-state index in [1.54, 1.807) is 12.7 Å². The zero-order valence-electron chi connectivity index (χ0n) is 14.2. The van der Waals surface area contributed by atoms with Crippen LogP contribution in [0.3, 0.4) is 0 Å². The molecule has 0 N–H and O–H groups in total. The first-order valence-corrected chi connectivity index (χ1v) is 8.68. The van der Waals surface area contributed by atoms with Crippen LogP contribution in [0, 0.1) is 5.41 Å². The molecule has 0 atom stereocenters. The maximum absolute atomic E-state index is 12.7. The Hall–Kier alpha value is -3.15. The van der Waals surface area contributed by atoms with E-state index in [1.807, 2.05) is 51.9 Å². The number of amides is 1. The number of ether oxygens (including phenoxy) is 1. The van der Waals surface area contributed by atoms with Crippen molar-refractivity contribution in [1.82, 2.24) is 19.7 Å². The van der Waals surface area contributed by atoms with Crippen LogP contribution in [0.2, 0.25) is 0 Å². The van der Waals surface area contributed by atoms with Crippen molar-refractivity contribution in [2.75, 3.05) is 19.7 Å². The van der Waals surface area contributed by atoms with Crippen LogP contribution in [0.5, 0.6) is 5.75 Å². The zero-order valence-corrected chi connectivity index (χ0v) is 14.2. The van der Waals surface area contributed by atoms with Crippen molar-refractivity contribution >= 4 is 5.91 Å². The summed E-state index contributed by atoms with van der Waals surface area (Å²) in [6, 6.07) is 15.7. The van der Waals surface area contributed by atoms with Crippen molar-refractivity contribution in [3.8, 4) is 11.4 Å². The van der Waals surface area contributed by atoms with Crippen LogP contribution in [0.1, 0.15) is 15.9 Å². The lowest BCUT2D eigenvalue weighted by molar-refractivity contribution is -0.0290. The number of hydrogen-bond donors (Lipinski definition) is 0. The molecular formula is C20H18N4O2. The largest absolute Gasteiger partial charge is 0.493 e. The maximum Gasteiger partial charge on any atom is 0.253 e. The number of benzene rings is 2. The van der Waals surface area contributed by atoms with Gasteiger partial charge in [-0.3, -0.25) is 9.36 Å². The summed E-state index contributed by atoms with van der Waals surface area (Å²) in [5.41, 5.74) is 2.94. The number of carbonyl (C=O) groups excluding carboxylic acids is 1. The molecule has 5 rings (SSSR count). The third kappa shape index (κ3) is 2.45. The number of aromatic nitrogens is 3. The van der Waals surface area contributed by atoms with E-state index >= 15 is 0 Å². The Balaban J connectivity index is 1.27. The molecule has 1 fully saturated rings. The van der Waals surface area contributed by atoms with Gasteiger partial charge in [-0.1, -0.05) is 18.2 Å². The number of fused-ring (bicyclic) bond motifs is 1. The van der Waals surface area contributed by atoms with Gasteiger partial charge in [0.1, 0.15) is 18.4 Å². The van der Waals surface area contributed by atoms with Gasteiger partial charge in [0.05, 0.1) is 6.61 Å². The van der Waals surface area contributed by atoms with Gasteiger partial charge in [0.15, 0.2) is 0 Å². The average Bonchev–Trinajstić information content (AvgIpc) is 3.20. The Morgan fingerprint density at radius 3 is 2.50 bits per heavy atom. The van der Waals surface area contributed by atoms with Gasteiger partial charge in [-0.15, -0.1) is 10.2 Å². The Bertz CT molecular complexity index is 944. The van der Waals surface area contributed by atoms with Crippen LogP contribution in [-0.2, 0) is 6.42 Å². The molecule has 3 heterocycles. The van der Waals surface area contributed by atoms with Crippen molar-refractivity contribution in [1.29, 1.82) is 0 Å². The smallest absolute Gasteiger partial charge is 0.253 e. The number of carbonyl (C=O) groups is 1. The van der Waals surface area contributed by atoms with Crippen LogP contribution in [0.15, 0.2) is 61.2 Å². The minimum absolute atomic E-state index is 0.0619. The Labute approximate surface area is 151 Å². The maximum atomic E-state index is 12.7. The highest BCUT2D eigenvalue weighted by atomic mass is 16.5. The number of hydrogen-bond acceptors (Lipinski definition) is 4. The highest BCUT2D eigenvalue weighted by molar-refractivity contribution is 5.95. The monoisotopic (exact) mass is 346 g/mol. The number of rotatable bonds is 2. The Kier molecular flexibility index (Phi) is 3.31. The number of para-hydroxylation sites is 1. The number of likely N-dealkylation sites (tertiary alicyclic amines) is 1. The first-order valence-electron chi connectivity index (χ1n) is 8.68. The normalized spacial score (nSPS) is 17.3. The summed E-state index contributed by atoms with van der Waals surface area (Å²) in [6.07, 6.45) is 4.24. The highest BCUT2D eigenvalue weighted by Gasteiger charge is 2.48. The second kappa shape index (κ2) is 5.69. The predicted molar refractivity (Wildman–Crippen MR) is 95.3 cm³/mol. The summed E-state index contributed by atoms with van der Waals surface area (Å²) in [7, 11) is 0. The topological polar surface area (TPSA) is 60.2 Å². The molecule has 3 aromatic rings. The fourth-order valence-corrected chi connectivity index (χ4v) is 3.88. The zero-order chi connectivity index (χ0) is 17.6. The standard InChI is InChI=1S/C20H18N4O2/c25-19(15-5-7-17(8-6-15)24-13-21-22-14-24)23-10-20(11-23)9-16-3-1-2-4-18(16)26-12-20/h1-8,13-14H,9-12H2. The van der Waals surface area contributed by atoms with E-state index in [0.29, 0.717) is 12.2 Å². The lowest BCUT2D eigenvalue weighted by Crippen LogP contribution is -2.62. The Morgan fingerprint density at radius 1 is 1.00 bits per heavy atom. The molecule has 2 aromatic carbocycles. The van der Waals surface area contributed by atoms with Crippen LogP contribution in [0.4, 0.5) is 0 Å². The Morgan fingerprint density at radius 2 is 1.73 bits per heavy atom. The molecule has 1 spiro atoms. The molecule has 2 aliphatic heterocycles. The summed E-state index contributed by atoms with van der Waals surface area (Å²) in [6.45, 7) is 2.17. The summed E-state index contributed by atoms with van der Waals surface area (Å²) in [5.74, 6) is 1.05. The lowest BCUT2D eigenvalue weighted by Gasteiger charge is -2.51. The SMILES string of the molecule is O=C(c1ccc(-n2cnnc2)cc1)N1CC2(COc3ccccc3C2)C1. The molecular weight excluding hydrogens is 328 g/mol. The van der Waals surface area contributed by atoms with E-state index in [0.717, 1.165) is 30.9 Å². The summed E-state index contributed by atoms with van der Waals surface area (Å²) < 4.78 is 7.73. The van der Waals surface area contributed by atoms with Gasteiger partial charge in [0.2, 0.25) is 0 Å². The molecule has 6 nitrogen and oxygen atoms in total. The van der Waals surface area contributed by atoms with E-state index in [4.69, 9.17) is 4.74 Å². The van der Waals surface area contributed by atoms with E-state index in [-0.39, 0.29) is 11.3 Å². The van der Waals surface area contributed by atoms with Crippen LogP contribution < -0.4 is 4.74 Å². The molecule has 1 amide bonds. The summed E-state index contributed by atoms with van der Waals surface area (Å²) in [5, 5.41) is 7.59. The molecule has 26 heavy (non-hydrogen) atoms. The van der Waals surface area contributed by atoms with Gasteiger partial charge in [-0.2, -0.15) is 0 Å². The molecule has 0 bridgehead atoms. The first kappa shape index (κ1) is 15.1. The average molecular weight is 346 g/mol. The minimum Gasteiger partial charge on any atom is -0.493 e. The van der Waals surface area contributed by atoms with Crippen molar-refractivity contribution in [3.05, 3.63) is 72.3 Å². The molecule has 0 radical (unpaired) electrons. The molecule has 2 aliphatic rings. The van der Waals surface area contributed by atoms with Gasteiger partial charge in [0.25, 0.3) is 5.91 Å². The summed E-state index contributed by atoms with van der Waals surface area (Å²) >= 11 is 0. The van der Waals surface area contributed by atoms with Crippen molar-refractivity contribution in [2.24, 2.45) is 5.41 Å². The van der Waals surface area contributed by atoms with E-state index in [2.05, 4.69) is 16.3 Å². The molecule has 6 heteroatoms. The van der Waals surface area contributed by atoms with Gasteiger partial charge in [0, 0.05) is 29.8 Å². The third-order valence-corrected chi connectivity index (χ3v) is 5.24. The molecule has 0 unspecified atom stereocenters. The third-order valence-electron chi connectivity index (χ3n) is 5.24. The molecule has 0 aliphatic carbocycles. The first-order chi connectivity index (χ1) is 12.7.